The molecule has 0 aromatic carbocycles. The largest absolute Gasteiger partial charge is 0.465 e. The van der Waals surface area contributed by atoms with Crippen LogP contribution in [-0.4, -0.2) is 12.6 Å². The van der Waals surface area contributed by atoms with Crippen LogP contribution in [0.3, 0.4) is 0 Å². The van der Waals surface area contributed by atoms with Crippen molar-refractivity contribution in [3.05, 3.63) is 0 Å². The first-order chi connectivity index (χ1) is 23.7. The Hall–Kier alpha value is -0.530. The molecule has 274 valence electrons. The summed E-state index contributed by atoms with van der Waals surface area (Å²) in [7, 11) is 0. The zero-order valence-corrected chi connectivity index (χ0v) is 31.7. The van der Waals surface area contributed by atoms with Crippen LogP contribution in [-0.2, 0) is 9.53 Å². The van der Waals surface area contributed by atoms with Gasteiger partial charge < -0.3 is 4.74 Å². The number of carbonyl (C=O) groups is 1. The first kappa shape index (κ1) is 35.9. The lowest BCUT2D eigenvalue weighted by Gasteiger charge is -2.57. The molecule has 7 fully saturated rings. The number of rotatable bonds is 15. The van der Waals surface area contributed by atoms with Gasteiger partial charge >= 0.3 is 5.97 Å². The number of carbonyl (C=O) groups excluding carboxylic acids is 1. The third kappa shape index (κ3) is 8.91. The number of ether oxygens (including phenoxy) is 1. The SMILES string of the molecule is CCCCCCCCCCCCCCCOC(=O)C1CCCC2CC3CC4CC5CC6CC7CCCCC7CC6CC5CC4CC3CC21. The molecule has 7 aliphatic rings. The molecule has 0 aromatic heterocycles. The van der Waals surface area contributed by atoms with Crippen molar-refractivity contribution in [2.75, 3.05) is 6.61 Å². The van der Waals surface area contributed by atoms with E-state index in [4.69, 9.17) is 4.74 Å². The summed E-state index contributed by atoms with van der Waals surface area (Å²) in [5.41, 5.74) is 0. The molecule has 7 aliphatic carbocycles. The second-order valence-electron chi connectivity index (χ2n) is 19.6. The Morgan fingerprint density at radius 3 is 1.27 bits per heavy atom. The zero-order valence-electron chi connectivity index (χ0n) is 31.7. The molecule has 0 saturated heterocycles. The Morgan fingerprint density at radius 2 is 0.792 bits per heavy atom. The van der Waals surface area contributed by atoms with E-state index in [1.165, 1.54) is 122 Å². The van der Waals surface area contributed by atoms with Gasteiger partial charge in [-0.15, -0.1) is 0 Å². The fourth-order valence-electron chi connectivity index (χ4n) is 14.3. The molecule has 0 bridgehead atoms. The number of hydrogen-bond donors (Lipinski definition) is 0. The Bertz CT molecular complexity index is 973. The van der Waals surface area contributed by atoms with Crippen molar-refractivity contribution in [3.8, 4) is 0 Å². The molecule has 13 unspecified atom stereocenters. The monoisotopic (exact) mass is 663 g/mol. The summed E-state index contributed by atoms with van der Waals surface area (Å²) in [5, 5.41) is 0. The Morgan fingerprint density at radius 1 is 0.417 bits per heavy atom. The van der Waals surface area contributed by atoms with Crippen molar-refractivity contribution in [1.82, 2.24) is 0 Å². The minimum absolute atomic E-state index is 0.195. The molecular formula is C46H78O2. The van der Waals surface area contributed by atoms with Gasteiger partial charge in [0, 0.05) is 0 Å². The highest BCUT2D eigenvalue weighted by atomic mass is 16.5. The lowest BCUT2D eigenvalue weighted by Crippen LogP contribution is -2.48. The fourth-order valence-corrected chi connectivity index (χ4v) is 14.3. The maximum absolute atomic E-state index is 13.5. The molecular weight excluding hydrogens is 585 g/mol. The summed E-state index contributed by atoms with van der Waals surface area (Å²) in [4.78, 5) is 13.5. The van der Waals surface area contributed by atoms with Gasteiger partial charge in [-0.1, -0.05) is 122 Å². The molecule has 48 heavy (non-hydrogen) atoms. The minimum atomic E-state index is 0.195. The molecule has 0 N–H and O–H groups in total. The van der Waals surface area contributed by atoms with Crippen LogP contribution in [0.5, 0.6) is 0 Å². The molecule has 7 rings (SSSR count). The van der Waals surface area contributed by atoms with Gasteiger partial charge in [-0.3, -0.25) is 4.79 Å². The van der Waals surface area contributed by atoms with Crippen LogP contribution in [0.15, 0.2) is 0 Å². The molecule has 13 atom stereocenters. The molecule has 7 saturated carbocycles. The molecule has 0 spiro atoms. The van der Waals surface area contributed by atoms with Crippen LogP contribution in [0, 0.1) is 76.9 Å². The zero-order chi connectivity index (χ0) is 32.7. The van der Waals surface area contributed by atoms with Crippen LogP contribution in [0.25, 0.3) is 0 Å². The molecule has 0 amide bonds. The Kier molecular flexibility index (Phi) is 13.3. The Balaban J connectivity index is 0.810. The molecule has 2 nitrogen and oxygen atoms in total. The smallest absolute Gasteiger partial charge is 0.309 e. The minimum Gasteiger partial charge on any atom is -0.465 e. The van der Waals surface area contributed by atoms with Crippen LogP contribution in [0.2, 0.25) is 0 Å². The van der Waals surface area contributed by atoms with E-state index in [0.29, 0.717) is 12.5 Å². The van der Waals surface area contributed by atoms with Gasteiger partial charge in [0.15, 0.2) is 0 Å². The highest BCUT2D eigenvalue weighted by Gasteiger charge is 2.52. The highest BCUT2D eigenvalue weighted by molar-refractivity contribution is 5.73. The maximum Gasteiger partial charge on any atom is 0.309 e. The van der Waals surface area contributed by atoms with Gasteiger partial charge in [0.25, 0.3) is 0 Å². The summed E-state index contributed by atoms with van der Waals surface area (Å²) in [6.45, 7) is 2.97. The predicted molar refractivity (Wildman–Crippen MR) is 201 cm³/mol. The fraction of sp³-hybridized carbons (Fsp3) is 0.978. The first-order valence-corrected chi connectivity index (χ1v) is 22.8. The first-order valence-electron chi connectivity index (χ1n) is 22.8. The van der Waals surface area contributed by atoms with E-state index >= 15 is 0 Å². The van der Waals surface area contributed by atoms with Gasteiger partial charge in [0.2, 0.25) is 0 Å². The molecule has 0 heterocycles. The second-order valence-corrected chi connectivity index (χ2v) is 19.6. The maximum atomic E-state index is 13.5. The summed E-state index contributed by atoms with van der Waals surface area (Å²) >= 11 is 0. The molecule has 0 aliphatic heterocycles. The van der Waals surface area contributed by atoms with Gasteiger partial charge in [-0.2, -0.15) is 0 Å². The standard InChI is InChI=1S/C46H78O2/c1-2-3-4-5-6-7-8-9-10-11-12-13-16-22-48-46(47)44-21-17-20-35-25-38-28-41-29-39-26-36-23-33-18-14-15-19-34(33)24-37(36)27-40(39)30-42(41)31-43(38)32-45(35)44/h33-45H,2-32H2,1H3. The van der Waals surface area contributed by atoms with Crippen molar-refractivity contribution < 1.29 is 9.53 Å². The highest BCUT2D eigenvalue weighted by Crippen LogP contribution is 2.61. The van der Waals surface area contributed by atoms with Gasteiger partial charge in [0.05, 0.1) is 12.5 Å². The lowest BCUT2D eigenvalue weighted by molar-refractivity contribution is -0.156. The number of esters is 1. The van der Waals surface area contributed by atoms with E-state index in [2.05, 4.69) is 6.92 Å². The van der Waals surface area contributed by atoms with Gasteiger partial charge in [0.1, 0.15) is 0 Å². The van der Waals surface area contributed by atoms with Crippen molar-refractivity contribution in [2.45, 2.75) is 200 Å². The van der Waals surface area contributed by atoms with Crippen LogP contribution in [0.4, 0.5) is 0 Å². The van der Waals surface area contributed by atoms with E-state index in [9.17, 15) is 4.79 Å². The number of unbranched alkanes of at least 4 members (excludes halogenated alkanes) is 12. The van der Waals surface area contributed by atoms with Crippen LogP contribution >= 0.6 is 0 Å². The lowest BCUT2D eigenvalue weighted by atomic mass is 9.48. The van der Waals surface area contributed by atoms with E-state index in [-0.39, 0.29) is 11.9 Å². The van der Waals surface area contributed by atoms with E-state index in [1.807, 2.05) is 0 Å². The molecule has 2 heteroatoms. The summed E-state index contributed by atoms with van der Waals surface area (Å²) in [6.07, 6.45) is 43.2. The van der Waals surface area contributed by atoms with E-state index in [0.717, 1.165) is 77.9 Å². The van der Waals surface area contributed by atoms with Crippen molar-refractivity contribution in [2.24, 2.45) is 76.9 Å². The summed E-state index contributed by atoms with van der Waals surface area (Å²) in [6, 6.07) is 0. The molecule has 0 aromatic rings. The van der Waals surface area contributed by atoms with Crippen LogP contribution in [0.1, 0.15) is 200 Å². The van der Waals surface area contributed by atoms with Crippen molar-refractivity contribution >= 4 is 5.97 Å². The topological polar surface area (TPSA) is 26.3 Å². The van der Waals surface area contributed by atoms with Gasteiger partial charge in [-0.25, -0.2) is 0 Å². The quantitative estimate of drug-likeness (QED) is 0.129. The average molecular weight is 663 g/mol. The van der Waals surface area contributed by atoms with E-state index in [1.54, 1.807) is 57.8 Å². The number of fused-ring (bicyclic) bond motifs is 6. The summed E-state index contributed by atoms with van der Waals surface area (Å²) < 4.78 is 6.05. The van der Waals surface area contributed by atoms with E-state index < -0.39 is 0 Å². The summed E-state index contributed by atoms with van der Waals surface area (Å²) in [5.74, 6) is 12.3. The predicted octanol–water partition coefficient (Wildman–Crippen LogP) is 13.4. The van der Waals surface area contributed by atoms with Gasteiger partial charge in [-0.05, 0) is 148 Å². The second kappa shape index (κ2) is 17.8. The third-order valence-corrected chi connectivity index (χ3v) is 16.8. The van der Waals surface area contributed by atoms with Crippen LogP contribution < -0.4 is 0 Å². The molecule has 0 radical (unpaired) electrons. The average Bonchev–Trinajstić information content (AvgIpc) is 3.10. The van der Waals surface area contributed by atoms with Crippen molar-refractivity contribution in [1.29, 1.82) is 0 Å². The number of hydrogen-bond acceptors (Lipinski definition) is 2. The normalized spacial score (nSPS) is 41.9. The third-order valence-electron chi connectivity index (χ3n) is 16.8. The Labute approximate surface area is 297 Å². The van der Waals surface area contributed by atoms with Crippen molar-refractivity contribution in [3.63, 3.8) is 0 Å².